The molecule has 1 aromatic carbocycles. The van der Waals surface area contributed by atoms with E-state index in [9.17, 15) is 24.1 Å². The molecule has 1 atom stereocenters. The van der Waals surface area contributed by atoms with Crippen LogP contribution >= 0.6 is 0 Å². The predicted molar refractivity (Wildman–Crippen MR) is 68.4 cm³/mol. The molecule has 0 saturated carbocycles. The number of aliphatic carboxylic acids is 1. The van der Waals surface area contributed by atoms with Gasteiger partial charge in [0.15, 0.2) is 0 Å². The Labute approximate surface area is 118 Å². The summed E-state index contributed by atoms with van der Waals surface area (Å²) < 4.78 is 13.4. The maximum absolute atomic E-state index is 13.4. The number of nitro groups is 1. The second-order valence-electron chi connectivity index (χ2n) is 4.51. The maximum Gasteiger partial charge on any atom is 0.327 e. The van der Waals surface area contributed by atoms with Crippen molar-refractivity contribution in [3.8, 4) is 0 Å². The molecule has 21 heavy (non-hydrogen) atoms. The molecule has 0 bridgehead atoms. The van der Waals surface area contributed by atoms with E-state index in [4.69, 9.17) is 5.11 Å². The molecule has 1 aliphatic heterocycles. The molecule has 2 rings (SSSR count). The van der Waals surface area contributed by atoms with Gasteiger partial charge in [-0.1, -0.05) is 0 Å². The van der Waals surface area contributed by atoms with E-state index in [2.05, 4.69) is 5.32 Å². The van der Waals surface area contributed by atoms with Crippen molar-refractivity contribution in [3.05, 3.63) is 39.7 Å². The summed E-state index contributed by atoms with van der Waals surface area (Å²) in [6.45, 7) is 0.589. The molecule has 0 aromatic heterocycles. The van der Waals surface area contributed by atoms with Crippen LogP contribution < -0.4 is 5.32 Å². The zero-order valence-corrected chi connectivity index (χ0v) is 10.8. The van der Waals surface area contributed by atoms with Crippen LogP contribution in [0.25, 0.3) is 0 Å². The van der Waals surface area contributed by atoms with E-state index in [1.807, 2.05) is 0 Å². The number of amides is 1. The smallest absolute Gasteiger partial charge is 0.327 e. The van der Waals surface area contributed by atoms with Crippen LogP contribution in [0.3, 0.4) is 0 Å². The Morgan fingerprint density at radius 3 is 2.76 bits per heavy atom. The molecule has 112 valence electrons. The number of nitrogens with one attached hydrogen (secondary N) is 1. The van der Waals surface area contributed by atoms with Gasteiger partial charge in [0.1, 0.15) is 11.9 Å². The van der Waals surface area contributed by atoms with Gasteiger partial charge >= 0.3 is 5.97 Å². The second kappa shape index (κ2) is 5.83. The third kappa shape index (κ3) is 3.14. The summed E-state index contributed by atoms with van der Waals surface area (Å²) in [5.41, 5.74) is -0.796. The van der Waals surface area contributed by atoms with Crippen molar-refractivity contribution in [2.75, 3.05) is 19.6 Å². The summed E-state index contributed by atoms with van der Waals surface area (Å²) >= 11 is 0. The number of hydrogen-bond acceptors (Lipinski definition) is 5. The van der Waals surface area contributed by atoms with Crippen LogP contribution in [-0.2, 0) is 4.79 Å². The molecule has 1 aromatic rings. The van der Waals surface area contributed by atoms with Crippen molar-refractivity contribution in [2.45, 2.75) is 6.04 Å². The number of carboxylic acids is 1. The maximum atomic E-state index is 13.4. The SMILES string of the molecule is O=C(O)C1CNCCN1C(=O)c1cc(F)cc([N+](=O)[O-])c1. The highest BCUT2D eigenvalue weighted by molar-refractivity contribution is 5.97. The van der Waals surface area contributed by atoms with E-state index in [0.29, 0.717) is 12.6 Å². The molecule has 1 aliphatic rings. The van der Waals surface area contributed by atoms with Gasteiger partial charge in [0, 0.05) is 31.3 Å². The molecular weight excluding hydrogens is 285 g/mol. The van der Waals surface area contributed by atoms with Crippen LogP contribution in [0.5, 0.6) is 0 Å². The summed E-state index contributed by atoms with van der Waals surface area (Å²) in [7, 11) is 0. The third-order valence-corrected chi connectivity index (χ3v) is 3.13. The summed E-state index contributed by atoms with van der Waals surface area (Å²) in [4.78, 5) is 34.4. The zero-order valence-electron chi connectivity index (χ0n) is 10.8. The number of halogens is 1. The normalized spacial score (nSPS) is 18.3. The molecule has 1 heterocycles. The Morgan fingerprint density at radius 1 is 1.43 bits per heavy atom. The second-order valence-corrected chi connectivity index (χ2v) is 4.51. The first kappa shape index (κ1) is 14.9. The third-order valence-electron chi connectivity index (χ3n) is 3.13. The van der Waals surface area contributed by atoms with Crippen LogP contribution in [0.15, 0.2) is 18.2 Å². The number of nitrogens with zero attached hydrogens (tertiary/aromatic N) is 2. The lowest BCUT2D eigenvalue weighted by atomic mass is 10.1. The number of carbonyl (C=O) groups is 2. The van der Waals surface area contributed by atoms with Gasteiger partial charge in [-0.15, -0.1) is 0 Å². The molecule has 0 spiro atoms. The number of carboxylic acid groups (broad SMARTS) is 1. The van der Waals surface area contributed by atoms with Crippen molar-refractivity contribution in [3.63, 3.8) is 0 Å². The van der Waals surface area contributed by atoms with Crippen molar-refractivity contribution in [2.24, 2.45) is 0 Å². The van der Waals surface area contributed by atoms with Gasteiger partial charge in [-0.05, 0) is 6.07 Å². The molecule has 1 fully saturated rings. The molecule has 8 nitrogen and oxygen atoms in total. The molecular formula is C12H12FN3O5. The van der Waals surface area contributed by atoms with Crippen LogP contribution in [0.1, 0.15) is 10.4 Å². The van der Waals surface area contributed by atoms with E-state index in [1.54, 1.807) is 0 Å². The predicted octanol–water partition coefficient (Wildman–Crippen LogP) is 0.233. The minimum absolute atomic E-state index is 0.0679. The van der Waals surface area contributed by atoms with Crippen LogP contribution in [0.2, 0.25) is 0 Å². The van der Waals surface area contributed by atoms with Gasteiger partial charge < -0.3 is 15.3 Å². The Hall–Kier alpha value is -2.55. The van der Waals surface area contributed by atoms with Crippen LogP contribution in [-0.4, -0.2) is 52.5 Å². The molecule has 0 aliphatic carbocycles. The Kier molecular flexibility index (Phi) is 4.13. The molecule has 2 N–H and O–H groups in total. The first-order valence-electron chi connectivity index (χ1n) is 6.09. The lowest BCUT2D eigenvalue weighted by Crippen LogP contribution is -2.57. The van der Waals surface area contributed by atoms with E-state index in [1.165, 1.54) is 0 Å². The monoisotopic (exact) mass is 297 g/mol. The highest BCUT2D eigenvalue weighted by atomic mass is 19.1. The first-order chi connectivity index (χ1) is 9.90. The highest BCUT2D eigenvalue weighted by Crippen LogP contribution is 2.19. The Balaban J connectivity index is 2.34. The van der Waals surface area contributed by atoms with Crippen molar-refractivity contribution < 1.29 is 24.0 Å². The van der Waals surface area contributed by atoms with Crippen molar-refractivity contribution in [1.82, 2.24) is 10.2 Å². The van der Waals surface area contributed by atoms with Crippen LogP contribution in [0, 0.1) is 15.9 Å². The average Bonchev–Trinajstić information content (AvgIpc) is 2.45. The molecule has 9 heteroatoms. The summed E-state index contributed by atoms with van der Waals surface area (Å²) in [5.74, 6) is -2.86. The van der Waals surface area contributed by atoms with Gasteiger partial charge in [0.25, 0.3) is 11.6 Å². The number of benzene rings is 1. The first-order valence-corrected chi connectivity index (χ1v) is 6.09. The van der Waals surface area contributed by atoms with E-state index in [-0.39, 0.29) is 18.7 Å². The number of rotatable bonds is 3. The fraction of sp³-hybridized carbons (Fsp3) is 0.333. The summed E-state index contributed by atoms with van der Waals surface area (Å²) in [6, 6.07) is 1.40. The Morgan fingerprint density at radius 2 is 2.14 bits per heavy atom. The van der Waals surface area contributed by atoms with Gasteiger partial charge in [-0.2, -0.15) is 0 Å². The van der Waals surface area contributed by atoms with Gasteiger partial charge in [0.2, 0.25) is 0 Å². The summed E-state index contributed by atoms with van der Waals surface area (Å²) in [5, 5.41) is 22.6. The largest absolute Gasteiger partial charge is 0.480 e. The number of carbonyl (C=O) groups excluding carboxylic acids is 1. The minimum Gasteiger partial charge on any atom is -0.480 e. The number of hydrogen-bond donors (Lipinski definition) is 2. The lowest BCUT2D eigenvalue weighted by molar-refractivity contribution is -0.385. The van der Waals surface area contributed by atoms with E-state index >= 15 is 0 Å². The van der Waals surface area contributed by atoms with E-state index in [0.717, 1.165) is 17.0 Å². The highest BCUT2D eigenvalue weighted by Gasteiger charge is 2.33. The molecule has 0 radical (unpaired) electrons. The lowest BCUT2D eigenvalue weighted by Gasteiger charge is -2.33. The van der Waals surface area contributed by atoms with Crippen LogP contribution in [0.4, 0.5) is 10.1 Å². The summed E-state index contributed by atoms with van der Waals surface area (Å²) in [6.07, 6.45) is 0. The fourth-order valence-corrected chi connectivity index (χ4v) is 2.14. The number of non-ortho nitro benzene ring substituents is 1. The topological polar surface area (TPSA) is 113 Å². The minimum atomic E-state index is -1.19. The number of nitro benzene ring substituents is 1. The van der Waals surface area contributed by atoms with E-state index < -0.39 is 34.3 Å². The van der Waals surface area contributed by atoms with Crippen molar-refractivity contribution in [1.29, 1.82) is 0 Å². The number of piperazine rings is 1. The standard InChI is InChI=1S/C12H12FN3O5/c13-8-3-7(4-9(5-8)16(20)21)11(17)15-2-1-14-6-10(15)12(18)19/h3-5,10,14H,1-2,6H2,(H,18,19). The molecule has 1 amide bonds. The quantitative estimate of drug-likeness (QED) is 0.610. The molecule has 1 saturated heterocycles. The van der Waals surface area contributed by atoms with Gasteiger partial charge in [-0.25, -0.2) is 9.18 Å². The zero-order chi connectivity index (χ0) is 15.6. The van der Waals surface area contributed by atoms with Crippen molar-refractivity contribution >= 4 is 17.6 Å². The van der Waals surface area contributed by atoms with Gasteiger partial charge in [-0.3, -0.25) is 14.9 Å². The average molecular weight is 297 g/mol. The Bertz CT molecular complexity index is 607. The van der Waals surface area contributed by atoms with Gasteiger partial charge in [0.05, 0.1) is 11.0 Å². The molecule has 1 unspecified atom stereocenters. The fourth-order valence-electron chi connectivity index (χ4n) is 2.14.